The molecule has 0 aromatic heterocycles. The average molecular weight is 605 g/mol. The molecule has 2 atom stereocenters. The lowest BCUT2D eigenvalue weighted by Crippen LogP contribution is -2.66. The van der Waals surface area contributed by atoms with E-state index in [1.54, 1.807) is 0 Å². The summed E-state index contributed by atoms with van der Waals surface area (Å²) in [6, 6.07) is 21.5. The second kappa shape index (κ2) is 14.9. The molecule has 0 spiro atoms. The molecule has 0 saturated carbocycles. The molecule has 42 heavy (non-hydrogen) atoms. The van der Waals surface area contributed by atoms with Crippen LogP contribution in [0, 0.1) is 5.92 Å². The largest absolute Gasteiger partial charge is 0.408 e. The number of rotatable bonds is 15. The normalized spacial score (nSPS) is 15.6. The van der Waals surface area contributed by atoms with Gasteiger partial charge in [0.1, 0.15) is 6.29 Å². The number of hydrogen-bond donors (Lipinski definition) is 0. The van der Waals surface area contributed by atoms with Gasteiger partial charge >= 0.3 is 0 Å². The van der Waals surface area contributed by atoms with E-state index in [0.717, 1.165) is 24.7 Å². The minimum Gasteiger partial charge on any atom is -0.408 e. The van der Waals surface area contributed by atoms with E-state index in [1.807, 2.05) is 13.0 Å². The molecule has 0 aliphatic carbocycles. The van der Waals surface area contributed by atoms with Crippen LogP contribution in [0.3, 0.4) is 0 Å². The summed E-state index contributed by atoms with van der Waals surface area (Å²) in [6.45, 7) is 27.2. The molecule has 3 nitrogen and oxygen atoms in total. The number of aldehydes is 1. The van der Waals surface area contributed by atoms with Crippen LogP contribution in [0.25, 0.3) is 0 Å². The molecular formula is C37H56O3Si2. The van der Waals surface area contributed by atoms with Crippen molar-refractivity contribution in [3.63, 3.8) is 0 Å². The van der Waals surface area contributed by atoms with Gasteiger partial charge in [0.25, 0.3) is 8.32 Å². The number of benzene rings is 2. The second-order valence-electron chi connectivity index (χ2n) is 14.5. The fourth-order valence-electron chi connectivity index (χ4n) is 5.27. The number of hydrogen-bond acceptors (Lipinski definition) is 3. The van der Waals surface area contributed by atoms with Crippen LogP contribution < -0.4 is 10.4 Å². The lowest BCUT2D eigenvalue weighted by atomic mass is 9.96. The Morgan fingerprint density at radius 3 is 1.83 bits per heavy atom. The predicted molar refractivity (Wildman–Crippen MR) is 187 cm³/mol. The van der Waals surface area contributed by atoms with Crippen molar-refractivity contribution >= 4 is 33.3 Å². The first-order chi connectivity index (χ1) is 19.5. The van der Waals surface area contributed by atoms with Crippen LogP contribution >= 0.6 is 0 Å². The average Bonchev–Trinajstić information content (AvgIpc) is 2.89. The fourth-order valence-corrected chi connectivity index (χ4v) is 11.4. The first-order valence-corrected chi connectivity index (χ1v) is 20.2. The number of carbonyl (C=O) groups excluding carboxylic acids is 1. The van der Waals surface area contributed by atoms with Crippen molar-refractivity contribution in [2.24, 2.45) is 5.92 Å². The molecule has 0 N–H and O–H groups in total. The van der Waals surface area contributed by atoms with Gasteiger partial charge in [-0.3, -0.25) is 0 Å². The van der Waals surface area contributed by atoms with Crippen LogP contribution in [0.5, 0.6) is 0 Å². The van der Waals surface area contributed by atoms with Crippen LogP contribution in [-0.2, 0) is 13.6 Å². The van der Waals surface area contributed by atoms with Gasteiger partial charge in [-0.1, -0.05) is 146 Å². The van der Waals surface area contributed by atoms with Crippen LogP contribution in [0.1, 0.15) is 74.7 Å². The Morgan fingerprint density at radius 2 is 1.38 bits per heavy atom. The molecule has 0 amide bonds. The van der Waals surface area contributed by atoms with Crippen LogP contribution in [-0.4, -0.2) is 35.1 Å². The SMILES string of the molecule is C=C(/C=C/[C@@](C)(CC=O)O[Si](C)(C)C(C)(C)C)C[C@@H](C)C/C=C/CO[Si](c1ccccc1)(c1ccccc1)C(C)(C)C. The van der Waals surface area contributed by atoms with Crippen LogP contribution in [0.15, 0.2) is 97.1 Å². The lowest BCUT2D eigenvalue weighted by molar-refractivity contribution is -0.110. The van der Waals surface area contributed by atoms with E-state index >= 15 is 0 Å². The standard InChI is InChI=1S/C37H56O3Si2/c1-31(30-32(2)25-26-37(9,27-28-38)40-41(10,11)35(3,4)5)20-18-19-29-39-42(36(6,7)8,33-21-14-12-15-22-33)34-23-16-13-17-24-34/h12-19,21-26,28,31H,2,20,27,29-30H2,1,3-11H3/b19-18+,26-25+/t31-,37-/m0/s1. The number of carbonyl (C=O) groups is 1. The van der Waals surface area contributed by atoms with Crippen molar-refractivity contribution in [2.75, 3.05) is 6.61 Å². The Hall–Kier alpha value is -2.32. The zero-order valence-corrected chi connectivity index (χ0v) is 30.0. The zero-order chi connectivity index (χ0) is 31.7. The van der Waals surface area contributed by atoms with Crippen molar-refractivity contribution in [2.45, 2.75) is 103 Å². The molecule has 0 saturated heterocycles. The van der Waals surface area contributed by atoms with Gasteiger partial charge in [-0.2, -0.15) is 0 Å². The molecule has 0 aliphatic heterocycles. The third-order valence-corrected chi connectivity index (χ3v) is 18.2. The molecular weight excluding hydrogens is 549 g/mol. The highest BCUT2D eigenvalue weighted by atomic mass is 28.4. The molecule has 2 aromatic rings. The van der Waals surface area contributed by atoms with Crippen LogP contribution in [0.2, 0.25) is 23.2 Å². The highest BCUT2D eigenvalue weighted by Crippen LogP contribution is 2.40. The van der Waals surface area contributed by atoms with Crippen molar-refractivity contribution in [1.29, 1.82) is 0 Å². The first kappa shape index (κ1) is 35.9. The quantitative estimate of drug-likeness (QED) is 0.0881. The second-order valence-corrected chi connectivity index (χ2v) is 23.6. The Labute approximate surface area is 259 Å². The Kier molecular flexibility index (Phi) is 12.7. The Balaban J connectivity index is 2.06. The lowest BCUT2D eigenvalue weighted by Gasteiger charge is -2.42. The third-order valence-electron chi connectivity index (χ3n) is 8.58. The molecule has 0 bridgehead atoms. The van der Waals surface area contributed by atoms with Crippen LogP contribution in [0.4, 0.5) is 0 Å². The molecule has 230 valence electrons. The monoisotopic (exact) mass is 604 g/mol. The maximum Gasteiger partial charge on any atom is 0.261 e. The van der Waals surface area contributed by atoms with Gasteiger partial charge in [0.15, 0.2) is 8.32 Å². The van der Waals surface area contributed by atoms with Gasteiger partial charge in [0.05, 0.1) is 12.2 Å². The minimum atomic E-state index is -2.53. The van der Waals surface area contributed by atoms with E-state index in [2.05, 4.69) is 147 Å². The summed E-state index contributed by atoms with van der Waals surface area (Å²) < 4.78 is 13.6. The molecule has 0 fully saturated rings. The summed E-state index contributed by atoms with van der Waals surface area (Å²) in [6.07, 6.45) is 11.7. The minimum absolute atomic E-state index is 0.0342. The number of allylic oxidation sites excluding steroid dienone is 3. The first-order valence-electron chi connectivity index (χ1n) is 15.4. The molecule has 2 rings (SSSR count). The summed E-state index contributed by atoms with van der Waals surface area (Å²) in [4.78, 5) is 11.5. The smallest absolute Gasteiger partial charge is 0.261 e. The molecule has 0 radical (unpaired) electrons. The van der Waals surface area contributed by atoms with E-state index in [1.165, 1.54) is 10.4 Å². The summed E-state index contributed by atoms with van der Waals surface area (Å²) in [5.74, 6) is 0.435. The van der Waals surface area contributed by atoms with Gasteiger partial charge in [-0.25, -0.2) is 0 Å². The molecule has 0 unspecified atom stereocenters. The third kappa shape index (κ3) is 9.60. The molecule has 5 heteroatoms. The zero-order valence-electron chi connectivity index (χ0n) is 28.0. The van der Waals surface area contributed by atoms with Gasteiger partial charge in [0, 0.05) is 6.42 Å². The molecule has 0 heterocycles. The van der Waals surface area contributed by atoms with E-state index < -0.39 is 22.2 Å². The van der Waals surface area contributed by atoms with Gasteiger partial charge in [0.2, 0.25) is 0 Å². The predicted octanol–water partition coefficient (Wildman–Crippen LogP) is 9.02. The van der Waals surface area contributed by atoms with E-state index in [0.29, 0.717) is 18.9 Å². The fraction of sp³-hybridized carbons (Fsp3) is 0.486. The Morgan fingerprint density at radius 1 is 0.857 bits per heavy atom. The topological polar surface area (TPSA) is 35.5 Å². The highest BCUT2D eigenvalue weighted by Gasteiger charge is 2.50. The van der Waals surface area contributed by atoms with Crippen molar-refractivity contribution in [3.05, 3.63) is 97.1 Å². The summed E-state index contributed by atoms with van der Waals surface area (Å²) in [5, 5.41) is 2.64. The summed E-state index contributed by atoms with van der Waals surface area (Å²) in [7, 11) is -4.56. The van der Waals surface area contributed by atoms with Crippen molar-refractivity contribution in [1.82, 2.24) is 0 Å². The van der Waals surface area contributed by atoms with E-state index in [4.69, 9.17) is 8.85 Å². The summed E-state index contributed by atoms with van der Waals surface area (Å²) in [5.41, 5.74) is 0.435. The molecule has 0 aliphatic rings. The van der Waals surface area contributed by atoms with Gasteiger partial charge < -0.3 is 13.6 Å². The van der Waals surface area contributed by atoms with E-state index in [9.17, 15) is 4.79 Å². The van der Waals surface area contributed by atoms with Crippen molar-refractivity contribution in [3.8, 4) is 0 Å². The van der Waals surface area contributed by atoms with E-state index in [-0.39, 0.29) is 10.1 Å². The highest BCUT2D eigenvalue weighted by molar-refractivity contribution is 6.99. The molecule has 2 aromatic carbocycles. The maximum absolute atomic E-state index is 11.5. The maximum atomic E-state index is 11.5. The van der Waals surface area contributed by atoms with Gasteiger partial charge in [-0.15, -0.1) is 0 Å². The van der Waals surface area contributed by atoms with Crippen molar-refractivity contribution < 1.29 is 13.6 Å². The Bertz CT molecular complexity index is 1150. The van der Waals surface area contributed by atoms with Gasteiger partial charge in [-0.05, 0) is 59.2 Å². The summed E-state index contributed by atoms with van der Waals surface area (Å²) >= 11 is 0.